The quantitative estimate of drug-likeness (QED) is 0.279. The van der Waals surface area contributed by atoms with Gasteiger partial charge < -0.3 is 4.90 Å². The maximum atomic E-state index is 6.31. The van der Waals surface area contributed by atoms with Crippen molar-refractivity contribution in [1.29, 1.82) is 0 Å². The van der Waals surface area contributed by atoms with Crippen molar-refractivity contribution in [2.24, 2.45) is 0 Å². The van der Waals surface area contributed by atoms with E-state index >= 15 is 0 Å². The highest BCUT2D eigenvalue weighted by atomic mass is 35.5. The molecule has 0 amide bonds. The van der Waals surface area contributed by atoms with Gasteiger partial charge >= 0.3 is 0 Å². The third-order valence-electron chi connectivity index (χ3n) is 5.77. The van der Waals surface area contributed by atoms with Gasteiger partial charge in [-0.05, 0) is 52.1 Å². The van der Waals surface area contributed by atoms with Crippen molar-refractivity contribution < 1.29 is 0 Å². The van der Waals surface area contributed by atoms with Crippen LogP contribution in [0.4, 0.5) is 0 Å². The number of rotatable bonds is 5. The zero-order chi connectivity index (χ0) is 22.5. The van der Waals surface area contributed by atoms with E-state index in [0.29, 0.717) is 0 Å². The van der Waals surface area contributed by atoms with Gasteiger partial charge in [-0.15, -0.1) is 0 Å². The summed E-state index contributed by atoms with van der Waals surface area (Å²) in [5, 5.41) is 0.736. The topological polar surface area (TPSA) is 3.24 Å². The van der Waals surface area contributed by atoms with Gasteiger partial charge in [0, 0.05) is 23.0 Å². The molecule has 0 unspecified atom stereocenters. The standard InChI is InChI=1S/C31H24ClN/c32-29-18-10-11-24(21-29)22-30(26-14-6-2-7-15-26)33-20-19-28(25-12-4-1-5-13-25)23-31(33)27-16-8-3-9-17-27/h1-19,21-23H,20H2/b30-22+. The van der Waals surface area contributed by atoms with Crippen molar-refractivity contribution in [3.05, 3.63) is 155 Å². The lowest BCUT2D eigenvalue weighted by Crippen LogP contribution is -2.23. The van der Waals surface area contributed by atoms with Crippen molar-refractivity contribution in [3.63, 3.8) is 0 Å². The molecule has 0 spiro atoms. The van der Waals surface area contributed by atoms with Crippen LogP contribution >= 0.6 is 11.6 Å². The second-order valence-electron chi connectivity index (χ2n) is 7.98. The summed E-state index contributed by atoms with van der Waals surface area (Å²) in [7, 11) is 0. The average molecular weight is 446 g/mol. The van der Waals surface area contributed by atoms with E-state index in [1.165, 1.54) is 22.4 Å². The molecule has 2 heteroatoms. The van der Waals surface area contributed by atoms with E-state index in [9.17, 15) is 0 Å². The minimum absolute atomic E-state index is 0.736. The summed E-state index contributed by atoms with van der Waals surface area (Å²) in [5.41, 5.74) is 8.20. The minimum Gasteiger partial charge on any atom is -0.337 e. The molecule has 160 valence electrons. The number of hydrogen-bond donors (Lipinski definition) is 0. The molecule has 0 N–H and O–H groups in total. The normalized spacial score (nSPS) is 14.0. The maximum Gasteiger partial charge on any atom is 0.0493 e. The molecular formula is C31H24ClN. The van der Waals surface area contributed by atoms with Gasteiger partial charge in [0.15, 0.2) is 0 Å². The first kappa shape index (κ1) is 21.1. The highest BCUT2D eigenvalue weighted by molar-refractivity contribution is 6.30. The zero-order valence-electron chi connectivity index (χ0n) is 18.2. The Balaban J connectivity index is 1.65. The molecule has 1 aliphatic rings. The molecule has 0 aromatic heterocycles. The van der Waals surface area contributed by atoms with Crippen LogP contribution < -0.4 is 0 Å². The van der Waals surface area contributed by atoms with Crippen LogP contribution in [0.1, 0.15) is 22.3 Å². The number of halogens is 1. The molecule has 1 aliphatic heterocycles. The van der Waals surface area contributed by atoms with Crippen molar-refractivity contribution in [2.45, 2.75) is 0 Å². The minimum atomic E-state index is 0.736. The van der Waals surface area contributed by atoms with E-state index < -0.39 is 0 Å². The molecule has 5 rings (SSSR count). The Labute approximate surface area is 200 Å². The number of benzene rings is 4. The monoisotopic (exact) mass is 445 g/mol. The Kier molecular flexibility index (Phi) is 6.23. The first-order chi connectivity index (χ1) is 16.3. The van der Waals surface area contributed by atoms with E-state index in [-0.39, 0.29) is 0 Å². The van der Waals surface area contributed by atoms with E-state index in [1.54, 1.807) is 0 Å². The van der Waals surface area contributed by atoms with Gasteiger partial charge in [0.1, 0.15) is 0 Å². The summed E-state index contributed by atoms with van der Waals surface area (Å²) in [6.07, 6.45) is 6.82. The summed E-state index contributed by atoms with van der Waals surface area (Å²) >= 11 is 6.31. The highest BCUT2D eigenvalue weighted by Crippen LogP contribution is 2.36. The average Bonchev–Trinajstić information content (AvgIpc) is 2.89. The second-order valence-corrected chi connectivity index (χ2v) is 8.42. The van der Waals surface area contributed by atoms with Crippen LogP contribution in [0.5, 0.6) is 0 Å². The Morgan fingerprint density at radius 2 is 1.33 bits per heavy atom. The second kappa shape index (κ2) is 9.77. The van der Waals surface area contributed by atoms with Crippen LogP contribution in [0.25, 0.3) is 23.0 Å². The smallest absolute Gasteiger partial charge is 0.0493 e. The summed E-state index contributed by atoms with van der Waals surface area (Å²) in [4.78, 5) is 2.39. The molecule has 0 fully saturated rings. The van der Waals surface area contributed by atoms with E-state index in [1.807, 2.05) is 18.2 Å². The fourth-order valence-electron chi connectivity index (χ4n) is 4.16. The van der Waals surface area contributed by atoms with Gasteiger partial charge in [-0.2, -0.15) is 0 Å². The number of allylic oxidation sites excluding steroid dienone is 2. The lowest BCUT2D eigenvalue weighted by atomic mass is 9.96. The molecule has 0 radical (unpaired) electrons. The van der Waals surface area contributed by atoms with Crippen LogP contribution in [0.15, 0.2) is 127 Å². The predicted molar refractivity (Wildman–Crippen MR) is 141 cm³/mol. The third kappa shape index (κ3) is 4.84. The van der Waals surface area contributed by atoms with Crippen LogP contribution in [-0.2, 0) is 0 Å². The molecular weight excluding hydrogens is 422 g/mol. The van der Waals surface area contributed by atoms with E-state index in [4.69, 9.17) is 11.6 Å². The molecule has 4 aromatic rings. The molecule has 1 nitrogen and oxygen atoms in total. The van der Waals surface area contributed by atoms with Crippen LogP contribution in [-0.4, -0.2) is 11.4 Å². The zero-order valence-corrected chi connectivity index (χ0v) is 19.0. The Morgan fingerprint density at radius 3 is 2.00 bits per heavy atom. The summed E-state index contributed by atoms with van der Waals surface area (Å²) < 4.78 is 0. The third-order valence-corrected chi connectivity index (χ3v) is 6.00. The first-order valence-corrected chi connectivity index (χ1v) is 11.5. The van der Waals surface area contributed by atoms with Gasteiger partial charge in [0.2, 0.25) is 0 Å². The lowest BCUT2D eigenvalue weighted by molar-refractivity contribution is 0.618. The van der Waals surface area contributed by atoms with Gasteiger partial charge in [-0.1, -0.05) is 121 Å². The Bertz CT molecular complexity index is 1320. The van der Waals surface area contributed by atoms with Crippen LogP contribution in [0, 0.1) is 0 Å². The maximum absolute atomic E-state index is 6.31. The molecule has 0 saturated carbocycles. The SMILES string of the molecule is Clc1cccc(/C=C(\c2ccccc2)N2CC=C(c3ccccc3)C=C2c2ccccc2)c1. The molecule has 33 heavy (non-hydrogen) atoms. The number of hydrogen-bond acceptors (Lipinski definition) is 1. The summed E-state index contributed by atoms with van der Waals surface area (Å²) in [5.74, 6) is 0. The fourth-order valence-corrected chi connectivity index (χ4v) is 4.36. The van der Waals surface area contributed by atoms with Gasteiger partial charge in [0.05, 0.1) is 0 Å². The van der Waals surface area contributed by atoms with Crippen molar-refractivity contribution in [2.75, 3.05) is 6.54 Å². The van der Waals surface area contributed by atoms with Crippen molar-refractivity contribution in [3.8, 4) is 0 Å². The van der Waals surface area contributed by atoms with Crippen LogP contribution in [0.3, 0.4) is 0 Å². The Hall–Kier alpha value is -3.81. The van der Waals surface area contributed by atoms with Gasteiger partial charge in [-0.3, -0.25) is 0 Å². The predicted octanol–water partition coefficient (Wildman–Crippen LogP) is 8.28. The molecule has 0 atom stereocenters. The summed E-state index contributed by atoms with van der Waals surface area (Å²) in [6.45, 7) is 0.770. The molecule has 1 heterocycles. The van der Waals surface area contributed by atoms with Gasteiger partial charge in [-0.25, -0.2) is 0 Å². The first-order valence-electron chi connectivity index (χ1n) is 11.1. The molecule has 0 saturated heterocycles. The van der Waals surface area contributed by atoms with Crippen molar-refractivity contribution in [1.82, 2.24) is 4.90 Å². The van der Waals surface area contributed by atoms with E-state index in [0.717, 1.165) is 28.4 Å². The number of nitrogens with zero attached hydrogens (tertiary/aromatic N) is 1. The highest BCUT2D eigenvalue weighted by Gasteiger charge is 2.21. The van der Waals surface area contributed by atoms with Gasteiger partial charge in [0.25, 0.3) is 0 Å². The summed E-state index contributed by atoms with van der Waals surface area (Å²) in [6, 6.07) is 39.7. The van der Waals surface area contributed by atoms with Crippen LogP contribution in [0.2, 0.25) is 5.02 Å². The fraction of sp³-hybridized carbons (Fsp3) is 0.0323. The van der Waals surface area contributed by atoms with E-state index in [2.05, 4.69) is 120 Å². The Morgan fingerprint density at radius 1 is 0.697 bits per heavy atom. The largest absolute Gasteiger partial charge is 0.337 e. The molecule has 4 aromatic carbocycles. The lowest BCUT2D eigenvalue weighted by Gasteiger charge is -2.33. The molecule has 0 aliphatic carbocycles. The van der Waals surface area contributed by atoms with Crippen molar-refractivity contribution >= 4 is 34.6 Å². The molecule has 0 bridgehead atoms.